The Morgan fingerprint density at radius 2 is 2.44 bits per heavy atom. The van der Waals surface area contributed by atoms with Gasteiger partial charge in [-0.25, -0.2) is 9.78 Å². The van der Waals surface area contributed by atoms with Crippen molar-refractivity contribution in [3.05, 3.63) is 24.1 Å². The van der Waals surface area contributed by atoms with Crippen molar-refractivity contribution in [3.8, 4) is 0 Å². The number of carbonyl (C=O) groups excluding carboxylic acids is 1. The van der Waals surface area contributed by atoms with E-state index in [0.29, 0.717) is 5.89 Å². The van der Waals surface area contributed by atoms with Crippen LogP contribution >= 0.6 is 11.8 Å². The number of hydrogen-bond donors (Lipinski definition) is 1. The molecule has 0 aliphatic carbocycles. The second kappa shape index (κ2) is 4.53. The van der Waals surface area contributed by atoms with E-state index in [1.807, 2.05) is 18.2 Å². The summed E-state index contributed by atoms with van der Waals surface area (Å²) in [5, 5.41) is 2.88. The Labute approximate surface area is 109 Å². The molecule has 1 aliphatic heterocycles. The van der Waals surface area contributed by atoms with Crippen LogP contribution in [0.4, 0.5) is 10.5 Å². The number of nitrogens with zero attached hydrogens (tertiary/aromatic N) is 2. The summed E-state index contributed by atoms with van der Waals surface area (Å²) in [7, 11) is 0. The first-order valence-corrected chi connectivity index (χ1v) is 6.89. The highest BCUT2D eigenvalue weighted by Crippen LogP contribution is 2.21. The van der Waals surface area contributed by atoms with Crippen molar-refractivity contribution in [2.45, 2.75) is 6.92 Å². The number of carbonyl (C=O) groups is 1. The monoisotopic (exact) mass is 263 g/mol. The van der Waals surface area contributed by atoms with Gasteiger partial charge in [0, 0.05) is 24.9 Å². The largest absolute Gasteiger partial charge is 0.441 e. The van der Waals surface area contributed by atoms with Gasteiger partial charge < -0.3 is 14.6 Å². The van der Waals surface area contributed by atoms with Gasteiger partial charge in [-0.2, -0.15) is 0 Å². The number of nitrogens with one attached hydrogen (secondary N) is 1. The topological polar surface area (TPSA) is 58.4 Å². The van der Waals surface area contributed by atoms with Crippen LogP contribution < -0.4 is 5.32 Å². The van der Waals surface area contributed by atoms with E-state index in [-0.39, 0.29) is 6.03 Å². The molecule has 0 radical (unpaired) electrons. The van der Waals surface area contributed by atoms with Gasteiger partial charge in [-0.15, -0.1) is 11.8 Å². The number of urea groups is 1. The lowest BCUT2D eigenvalue weighted by molar-refractivity contribution is 0.225. The normalized spacial score (nSPS) is 15.3. The van der Waals surface area contributed by atoms with Crippen molar-refractivity contribution >= 4 is 34.6 Å². The van der Waals surface area contributed by atoms with Crippen LogP contribution in [-0.4, -0.2) is 34.1 Å². The third kappa shape index (κ3) is 2.15. The number of hydrogen-bond acceptors (Lipinski definition) is 4. The number of benzene rings is 1. The van der Waals surface area contributed by atoms with Crippen LogP contribution in [0.3, 0.4) is 0 Å². The summed E-state index contributed by atoms with van der Waals surface area (Å²) >= 11 is 1.76. The summed E-state index contributed by atoms with van der Waals surface area (Å²) in [5.41, 5.74) is 2.25. The zero-order chi connectivity index (χ0) is 12.5. The van der Waals surface area contributed by atoms with Gasteiger partial charge in [-0.05, 0) is 18.2 Å². The Balaban J connectivity index is 1.79. The summed E-state index contributed by atoms with van der Waals surface area (Å²) < 4.78 is 5.39. The second-order valence-electron chi connectivity index (χ2n) is 4.15. The van der Waals surface area contributed by atoms with E-state index in [2.05, 4.69) is 10.3 Å². The molecule has 1 aromatic heterocycles. The fraction of sp³-hybridized carbons (Fsp3) is 0.333. The fourth-order valence-corrected chi connectivity index (χ4v) is 2.84. The van der Waals surface area contributed by atoms with Crippen LogP contribution in [0.25, 0.3) is 11.1 Å². The van der Waals surface area contributed by atoms with Crippen molar-refractivity contribution in [1.29, 1.82) is 0 Å². The Morgan fingerprint density at radius 1 is 1.56 bits per heavy atom. The minimum Gasteiger partial charge on any atom is -0.441 e. The molecular weight excluding hydrogens is 250 g/mol. The molecule has 2 aromatic rings. The van der Waals surface area contributed by atoms with Crippen molar-refractivity contribution in [2.75, 3.05) is 23.5 Å². The van der Waals surface area contributed by atoms with E-state index in [9.17, 15) is 4.79 Å². The maximum atomic E-state index is 11.9. The molecule has 94 valence electrons. The standard InChI is InChI=1S/C12H13N3O2S/c1-8-13-10-6-9(2-3-11(10)17-8)14-12(16)15-4-5-18-7-15/h2-3,6H,4-5,7H2,1H3,(H,14,16). The molecule has 0 bridgehead atoms. The van der Waals surface area contributed by atoms with Gasteiger partial charge in [0.1, 0.15) is 5.52 Å². The van der Waals surface area contributed by atoms with Gasteiger partial charge in [0.2, 0.25) is 0 Å². The van der Waals surface area contributed by atoms with E-state index in [1.165, 1.54) is 0 Å². The first kappa shape index (κ1) is 11.4. The lowest BCUT2D eigenvalue weighted by Crippen LogP contribution is -2.32. The van der Waals surface area contributed by atoms with Crippen LogP contribution in [0.15, 0.2) is 22.6 Å². The van der Waals surface area contributed by atoms with E-state index in [1.54, 1.807) is 23.6 Å². The molecule has 1 fully saturated rings. The average Bonchev–Trinajstić information content (AvgIpc) is 2.95. The van der Waals surface area contributed by atoms with E-state index >= 15 is 0 Å². The van der Waals surface area contributed by atoms with Gasteiger partial charge in [0.25, 0.3) is 0 Å². The smallest absolute Gasteiger partial charge is 0.322 e. The van der Waals surface area contributed by atoms with Crippen molar-refractivity contribution in [1.82, 2.24) is 9.88 Å². The van der Waals surface area contributed by atoms with Crippen LogP contribution in [0.1, 0.15) is 5.89 Å². The minimum atomic E-state index is -0.0560. The molecule has 3 rings (SSSR count). The molecule has 0 atom stereocenters. The summed E-state index contributed by atoms with van der Waals surface area (Å²) in [6.45, 7) is 2.61. The lowest BCUT2D eigenvalue weighted by Gasteiger charge is -2.15. The molecule has 2 heterocycles. The maximum absolute atomic E-state index is 11.9. The maximum Gasteiger partial charge on any atom is 0.322 e. The Hall–Kier alpha value is -1.69. The summed E-state index contributed by atoms with van der Waals surface area (Å²) in [5.74, 6) is 2.40. The fourth-order valence-electron chi connectivity index (χ4n) is 1.90. The second-order valence-corrected chi connectivity index (χ2v) is 5.22. The first-order valence-electron chi connectivity index (χ1n) is 5.73. The molecule has 0 unspecified atom stereocenters. The number of anilines is 1. The highest BCUT2D eigenvalue weighted by atomic mass is 32.2. The van der Waals surface area contributed by atoms with Crippen LogP contribution in [0, 0.1) is 6.92 Å². The quantitative estimate of drug-likeness (QED) is 0.859. The van der Waals surface area contributed by atoms with Gasteiger partial charge in [-0.3, -0.25) is 0 Å². The SMILES string of the molecule is Cc1nc2cc(NC(=O)N3CCSC3)ccc2o1. The molecule has 6 heteroatoms. The number of rotatable bonds is 1. The van der Waals surface area contributed by atoms with Crippen molar-refractivity contribution in [2.24, 2.45) is 0 Å². The van der Waals surface area contributed by atoms with Gasteiger partial charge >= 0.3 is 6.03 Å². The minimum absolute atomic E-state index is 0.0560. The first-order chi connectivity index (χ1) is 8.72. The number of oxazole rings is 1. The molecule has 0 spiro atoms. The number of amides is 2. The van der Waals surface area contributed by atoms with E-state index in [4.69, 9.17) is 4.42 Å². The Bertz CT molecular complexity index is 590. The van der Waals surface area contributed by atoms with Crippen LogP contribution in [0.5, 0.6) is 0 Å². The predicted octanol–water partition coefficient (Wildman–Crippen LogP) is 2.67. The highest BCUT2D eigenvalue weighted by Gasteiger charge is 2.18. The summed E-state index contributed by atoms with van der Waals surface area (Å²) in [6, 6.07) is 5.42. The molecule has 1 N–H and O–H groups in total. The highest BCUT2D eigenvalue weighted by molar-refractivity contribution is 7.99. The number of aryl methyl sites for hydroxylation is 1. The summed E-state index contributed by atoms with van der Waals surface area (Å²) in [6.07, 6.45) is 0. The molecule has 5 nitrogen and oxygen atoms in total. The third-order valence-corrected chi connectivity index (χ3v) is 3.75. The summed E-state index contributed by atoms with van der Waals surface area (Å²) in [4.78, 5) is 18.0. The Morgan fingerprint density at radius 3 is 3.22 bits per heavy atom. The molecule has 18 heavy (non-hydrogen) atoms. The number of thioether (sulfide) groups is 1. The molecule has 1 aromatic carbocycles. The average molecular weight is 263 g/mol. The van der Waals surface area contributed by atoms with Crippen LogP contribution in [-0.2, 0) is 0 Å². The van der Waals surface area contributed by atoms with E-state index < -0.39 is 0 Å². The number of aromatic nitrogens is 1. The van der Waals surface area contributed by atoms with E-state index in [0.717, 1.165) is 35.0 Å². The molecular formula is C12H13N3O2S. The molecule has 1 saturated heterocycles. The van der Waals surface area contributed by atoms with Gasteiger partial charge in [-0.1, -0.05) is 0 Å². The zero-order valence-corrected chi connectivity index (χ0v) is 10.8. The lowest BCUT2D eigenvalue weighted by atomic mass is 10.3. The van der Waals surface area contributed by atoms with Gasteiger partial charge in [0.05, 0.1) is 5.88 Å². The van der Waals surface area contributed by atoms with Crippen molar-refractivity contribution < 1.29 is 9.21 Å². The Kier molecular flexibility index (Phi) is 2.87. The zero-order valence-electron chi connectivity index (χ0n) is 9.97. The third-order valence-electron chi connectivity index (χ3n) is 2.79. The van der Waals surface area contributed by atoms with Crippen molar-refractivity contribution in [3.63, 3.8) is 0 Å². The molecule has 2 amide bonds. The number of fused-ring (bicyclic) bond motifs is 1. The van der Waals surface area contributed by atoms with Crippen LogP contribution in [0.2, 0.25) is 0 Å². The van der Waals surface area contributed by atoms with Gasteiger partial charge in [0.15, 0.2) is 11.5 Å². The predicted molar refractivity (Wildman–Crippen MR) is 71.8 cm³/mol. The molecule has 0 saturated carbocycles. The molecule has 1 aliphatic rings.